The molecule has 1 N–H and O–H groups in total. The Bertz CT molecular complexity index is 1100. The summed E-state index contributed by atoms with van der Waals surface area (Å²) in [6.45, 7) is 5.20. The summed E-state index contributed by atoms with van der Waals surface area (Å²) in [4.78, 5) is 18.9. The number of alkyl halides is 3. The average molecular weight is 520 g/mol. The van der Waals surface area contributed by atoms with Crippen molar-refractivity contribution in [2.45, 2.75) is 31.5 Å². The molecule has 0 aromatic heterocycles. The largest absolute Gasteiger partial charge is 0.417 e. The van der Waals surface area contributed by atoms with Crippen molar-refractivity contribution in [3.8, 4) is 6.07 Å². The fourth-order valence-electron chi connectivity index (χ4n) is 4.82. The van der Waals surface area contributed by atoms with Crippen molar-refractivity contribution in [1.29, 1.82) is 5.26 Å². The van der Waals surface area contributed by atoms with E-state index in [9.17, 15) is 18.0 Å². The van der Waals surface area contributed by atoms with E-state index < -0.39 is 11.7 Å². The lowest BCUT2D eigenvalue weighted by molar-refractivity contribution is -0.137. The number of piperazine rings is 1. The van der Waals surface area contributed by atoms with Gasteiger partial charge in [0.05, 0.1) is 27.9 Å². The summed E-state index contributed by atoms with van der Waals surface area (Å²) in [5.74, 6) is -0.000265. The summed E-state index contributed by atoms with van der Waals surface area (Å²) in [6.07, 6.45) is -2.85. The van der Waals surface area contributed by atoms with E-state index in [0.717, 1.165) is 43.0 Å². The molecule has 2 aliphatic rings. The van der Waals surface area contributed by atoms with Crippen LogP contribution in [-0.2, 0) is 11.0 Å². The first-order valence-electron chi connectivity index (χ1n) is 12.1. The molecule has 0 spiro atoms. The van der Waals surface area contributed by atoms with Gasteiger partial charge in [-0.2, -0.15) is 18.4 Å². The Hall–Kier alpha value is -2.96. The van der Waals surface area contributed by atoms with E-state index in [-0.39, 0.29) is 17.5 Å². The summed E-state index contributed by atoms with van der Waals surface area (Å²) >= 11 is 6.30. The number of hydrogen-bond acceptors (Lipinski definition) is 5. The van der Waals surface area contributed by atoms with Gasteiger partial charge < -0.3 is 15.1 Å². The molecule has 192 valence electrons. The standard InChI is InChI=1S/C26H29ClF3N5O/c27-23-3-1-2-4-24(23)35-15-13-33(14-16-35)10-9-25(36)32-20-7-11-34(12-8-20)21-6-5-19(18-31)22(17-21)26(28,29)30/h1-6,17,20H,7-16H2,(H,32,36). The SMILES string of the molecule is N#Cc1ccc(N2CCC(NC(=O)CCN3CCN(c4ccccc4Cl)CC3)CC2)cc1C(F)(F)F. The minimum Gasteiger partial charge on any atom is -0.371 e. The van der Waals surface area contributed by atoms with E-state index in [1.54, 1.807) is 12.1 Å². The highest BCUT2D eigenvalue weighted by molar-refractivity contribution is 6.33. The third-order valence-corrected chi connectivity index (χ3v) is 7.19. The number of carbonyl (C=O) groups is 1. The third-order valence-electron chi connectivity index (χ3n) is 6.87. The molecule has 2 fully saturated rings. The van der Waals surface area contributed by atoms with Crippen molar-refractivity contribution in [2.24, 2.45) is 0 Å². The molecule has 0 unspecified atom stereocenters. The van der Waals surface area contributed by atoms with Crippen LogP contribution in [0.3, 0.4) is 0 Å². The lowest BCUT2D eigenvalue weighted by Crippen LogP contribution is -2.48. The second kappa shape index (κ2) is 11.4. The van der Waals surface area contributed by atoms with Crippen molar-refractivity contribution in [1.82, 2.24) is 10.2 Å². The number of nitrogens with zero attached hydrogens (tertiary/aromatic N) is 4. The Morgan fingerprint density at radius 2 is 1.72 bits per heavy atom. The zero-order chi connectivity index (χ0) is 25.7. The van der Waals surface area contributed by atoms with E-state index in [2.05, 4.69) is 15.1 Å². The Balaban J connectivity index is 1.20. The molecule has 6 nitrogen and oxygen atoms in total. The number of carbonyl (C=O) groups excluding carboxylic acids is 1. The second-order valence-corrected chi connectivity index (χ2v) is 9.61. The number of hydrogen-bond donors (Lipinski definition) is 1. The molecule has 1 amide bonds. The Morgan fingerprint density at radius 1 is 1.03 bits per heavy atom. The summed E-state index contributed by atoms with van der Waals surface area (Å²) in [6, 6.07) is 13.2. The van der Waals surface area contributed by atoms with Gasteiger partial charge in [0, 0.05) is 64.0 Å². The Labute approximate surface area is 214 Å². The second-order valence-electron chi connectivity index (χ2n) is 9.20. The van der Waals surface area contributed by atoms with E-state index in [4.69, 9.17) is 16.9 Å². The van der Waals surface area contributed by atoms with Gasteiger partial charge in [0.2, 0.25) is 5.91 Å². The van der Waals surface area contributed by atoms with E-state index >= 15 is 0 Å². The highest BCUT2D eigenvalue weighted by Gasteiger charge is 2.34. The molecule has 2 saturated heterocycles. The number of amides is 1. The lowest BCUT2D eigenvalue weighted by Gasteiger charge is -2.36. The molecular formula is C26H29ClF3N5O. The maximum absolute atomic E-state index is 13.3. The monoisotopic (exact) mass is 519 g/mol. The molecule has 0 bridgehead atoms. The number of nitrogens with one attached hydrogen (secondary N) is 1. The number of benzene rings is 2. The van der Waals surface area contributed by atoms with Crippen LogP contribution in [0.4, 0.5) is 24.5 Å². The summed E-state index contributed by atoms with van der Waals surface area (Å²) < 4.78 is 39.8. The van der Waals surface area contributed by atoms with Crippen LogP contribution in [0.2, 0.25) is 5.02 Å². The smallest absolute Gasteiger partial charge is 0.371 e. The van der Waals surface area contributed by atoms with Gasteiger partial charge in [-0.3, -0.25) is 9.69 Å². The molecule has 4 rings (SSSR count). The third kappa shape index (κ3) is 6.42. The molecule has 0 aliphatic carbocycles. The number of anilines is 2. The van der Waals surface area contributed by atoms with Crippen molar-refractivity contribution >= 4 is 28.9 Å². The molecule has 10 heteroatoms. The molecule has 2 aromatic carbocycles. The lowest BCUT2D eigenvalue weighted by atomic mass is 10.0. The maximum atomic E-state index is 13.3. The molecular weight excluding hydrogens is 491 g/mol. The zero-order valence-electron chi connectivity index (χ0n) is 19.9. The van der Waals surface area contributed by atoms with Crippen LogP contribution in [-0.4, -0.2) is 62.7 Å². The van der Waals surface area contributed by atoms with Crippen molar-refractivity contribution in [3.05, 3.63) is 58.6 Å². The molecule has 36 heavy (non-hydrogen) atoms. The summed E-state index contributed by atoms with van der Waals surface area (Å²) in [5.41, 5.74) is 0.199. The normalized spacial score (nSPS) is 17.6. The van der Waals surface area contributed by atoms with Crippen LogP contribution in [0.5, 0.6) is 0 Å². The predicted molar refractivity (Wildman–Crippen MR) is 134 cm³/mol. The molecule has 0 saturated carbocycles. The molecule has 2 heterocycles. The molecule has 2 aromatic rings. The fourth-order valence-corrected chi connectivity index (χ4v) is 5.08. The highest BCUT2D eigenvalue weighted by Crippen LogP contribution is 2.35. The molecule has 2 aliphatic heterocycles. The van der Waals surface area contributed by atoms with Crippen molar-refractivity contribution in [2.75, 3.05) is 55.6 Å². The van der Waals surface area contributed by atoms with Crippen LogP contribution in [0.15, 0.2) is 42.5 Å². The van der Waals surface area contributed by atoms with E-state index in [1.807, 2.05) is 29.2 Å². The predicted octanol–water partition coefficient (Wildman–Crippen LogP) is 4.53. The van der Waals surface area contributed by atoms with Gasteiger partial charge in [-0.1, -0.05) is 23.7 Å². The van der Waals surface area contributed by atoms with Gasteiger partial charge >= 0.3 is 6.18 Å². The topological polar surface area (TPSA) is 62.6 Å². The first kappa shape index (κ1) is 26.1. The Morgan fingerprint density at radius 3 is 2.36 bits per heavy atom. The fraction of sp³-hybridized carbons (Fsp3) is 0.462. The van der Waals surface area contributed by atoms with Crippen LogP contribution in [0.1, 0.15) is 30.4 Å². The zero-order valence-corrected chi connectivity index (χ0v) is 20.7. The van der Waals surface area contributed by atoms with E-state index in [1.165, 1.54) is 6.07 Å². The highest BCUT2D eigenvalue weighted by atomic mass is 35.5. The number of rotatable bonds is 6. The quantitative estimate of drug-likeness (QED) is 0.607. The molecule has 0 radical (unpaired) electrons. The van der Waals surface area contributed by atoms with Gasteiger partial charge in [-0.25, -0.2) is 0 Å². The van der Waals surface area contributed by atoms with Gasteiger partial charge in [0.25, 0.3) is 0 Å². The number of piperidine rings is 1. The van der Waals surface area contributed by atoms with E-state index in [0.29, 0.717) is 44.6 Å². The average Bonchev–Trinajstić information content (AvgIpc) is 2.88. The molecule has 0 atom stereocenters. The van der Waals surface area contributed by atoms with Crippen LogP contribution >= 0.6 is 11.6 Å². The van der Waals surface area contributed by atoms with Crippen molar-refractivity contribution in [3.63, 3.8) is 0 Å². The maximum Gasteiger partial charge on any atom is 0.417 e. The summed E-state index contributed by atoms with van der Waals surface area (Å²) in [7, 11) is 0. The first-order valence-corrected chi connectivity index (χ1v) is 12.5. The number of halogens is 4. The minimum atomic E-state index is -4.57. The van der Waals surface area contributed by atoms with Crippen molar-refractivity contribution < 1.29 is 18.0 Å². The minimum absolute atomic E-state index is 0.000265. The van der Waals surface area contributed by atoms with Gasteiger partial charge in [0.15, 0.2) is 0 Å². The first-order chi connectivity index (χ1) is 17.2. The summed E-state index contributed by atoms with van der Waals surface area (Å²) in [5, 5.41) is 12.8. The van der Waals surface area contributed by atoms with Gasteiger partial charge in [-0.05, 0) is 43.2 Å². The van der Waals surface area contributed by atoms with Gasteiger partial charge in [0.1, 0.15) is 0 Å². The number of para-hydroxylation sites is 1. The van der Waals surface area contributed by atoms with Crippen LogP contribution in [0, 0.1) is 11.3 Å². The number of nitriles is 1. The van der Waals surface area contributed by atoms with Crippen LogP contribution < -0.4 is 15.1 Å². The van der Waals surface area contributed by atoms with Gasteiger partial charge in [-0.15, -0.1) is 0 Å². The Kier molecular flexibility index (Phi) is 8.27. The van der Waals surface area contributed by atoms with Crippen LogP contribution in [0.25, 0.3) is 0 Å².